The third kappa shape index (κ3) is 12.5. The average Bonchev–Trinajstić information content (AvgIpc) is 2.21. The van der Waals surface area contributed by atoms with Gasteiger partial charge >= 0.3 is 96.0 Å². The molecule has 14 heavy (non-hydrogen) atoms. The first kappa shape index (κ1) is 14.5. The third-order valence-electron chi connectivity index (χ3n) is 2.40. The summed E-state index contributed by atoms with van der Waals surface area (Å²) in [5.74, 6) is 0. The van der Waals surface area contributed by atoms with E-state index in [1.165, 1.54) is 51.4 Å². The van der Waals surface area contributed by atoms with Crippen LogP contribution >= 0.6 is 0 Å². The van der Waals surface area contributed by atoms with Gasteiger partial charge in [0.05, 0.1) is 0 Å². The quantitative estimate of drug-likeness (QED) is 0.560. The summed E-state index contributed by atoms with van der Waals surface area (Å²) in [7, 11) is 0. The van der Waals surface area contributed by atoms with Gasteiger partial charge in [-0.3, -0.25) is 0 Å². The Hall–Kier alpha value is 0.504. The molecule has 0 aromatic heterocycles. The van der Waals surface area contributed by atoms with Crippen LogP contribution in [0.2, 0.25) is 0 Å². The predicted molar refractivity (Wildman–Crippen MR) is 55.4 cm³/mol. The van der Waals surface area contributed by atoms with Crippen molar-refractivity contribution >= 4 is 0 Å². The van der Waals surface area contributed by atoms with E-state index >= 15 is 0 Å². The van der Waals surface area contributed by atoms with Crippen molar-refractivity contribution in [3.05, 3.63) is 0 Å². The van der Waals surface area contributed by atoms with E-state index in [9.17, 15) is 0 Å². The molecule has 0 fully saturated rings. The maximum absolute atomic E-state index is 8.46. The van der Waals surface area contributed by atoms with Crippen molar-refractivity contribution in [2.75, 3.05) is 6.61 Å². The summed E-state index contributed by atoms with van der Waals surface area (Å²) in [5.41, 5.74) is 0. The van der Waals surface area contributed by atoms with Crippen LogP contribution in [0.5, 0.6) is 0 Å². The summed E-state index contributed by atoms with van der Waals surface area (Å²) < 4.78 is 13.4. The molecule has 0 amide bonds. The molecule has 0 aliphatic rings. The van der Waals surface area contributed by atoms with Crippen molar-refractivity contribution in [3.8, 4) is 0 Å². The summed E-state index contributed by atoms with van der Waals surface area (Å²) in [5, 5.41) is 0. The van der Waals surface area contributed by atoms with Gasteiger partial charge in [-0.2, -0.15) is 0 Å². The molecule has 0 radical (unpaired) electrons. The van der Waals surface area contributed by atoms with Crippen molar-refractivity contribution < 1.29 is 24.7 Å². The molecule has 0 unspecified atom stereocenters. The molecule has 0 aromatic rings. The number of rotatable bonds is 11. The van der Waals surface area contributed by atoms with Gasteiger partial charge in [0.2, 0.25) is 0 Å². The molecule has 0 aromatic carbocycles. The summed E-state index contributed by atoms with van der Waals surface area (Å²) in [4.78, 5) is 0. The van der Waals surface area contributed by atoms with E-state index in [2.05, 4.69) is 6.92 Å². The first-order chi connectivity index (χ1) is 6.91. The fourth-order valence-electron chi connectivity index (χ4n) is 1.52. The first-order valence-corrected chi connectivity index (χ1v) is 7.07. The SMILES string of the molecule is CCCCCCCCCCC[O][V][OH]. The van der Waals surface area contributed by atoms with Crippen LogP contribution in [0, 0.1) is 0 Å². The molecule has 0 spiro atoms. The third-order valence-corrected chi connectivity index (χ3v) is 2.86. The molecule has 1 N–H and O–H groups in total. The Balaban J connectivity index is 2.78. The first-order valence-electron chi connectivity index (χ1n) is 5.88. The fraction of sp³-hybridized carbons (Fsp3) is 1.00. The van der Waals surface area contributed by atoms with Crippen molar-refractivity contribution in [3.63, 3.8) is 0 Å². The fourth-order valence-corrected chi connectivity index (χ4v) is 1.85. The van der Waals surface area contributed by atoms with Crippen LogP contribution in [0.4, 0.5) is 0 Å². The second kappa shape index (κ2) is 13.5. The molecule has 0 aliphatic heterocycles. The summed E-state index contributed by atoms with van der Waals surface area (Å²) in [6.07, 6.45) is 12.0. The molecule has 0 atom stereocenters. The zero-order valence-corrected chi connectivity index (χ0v) is 10.8. The van der Waals surface area contributed by atoms with Crippen molar-refractivity contribution in [2.45, 2.75) is 64.7 Å². The van der Waals surface area contributed by atoms with Crippen LogP contribution in [0.15, 0.2) is 0 Å². The molecule has 3 heteroatoms. The van der Waals surface area contributed by atoms with E-state index < -0.39 is 17.0 Å². The molecule has 0 aliphatic carbocycles. The van der Waals surface area contributed by atoms with Gasteiger partial charge in [-0.15, -0.1) is 0 Å². The molecule has 2 nitrogen and oxygen atoms in total. The second-order valence-corrected chi connectivity index (χ2v) is 4.40. The van der Waals surface area contributed by atoms with Crippen molar-refractivity contribution in [1.82, 2.24) is 0 Å². The van der Waals surface area contributed by atoms with E-state index in [-0.39, 0.29) is 0 Å². The molecule has 0 rings (SSSR count). The molecule has 0 saturated heterocycles. The normalized spacial score (nSPS) is 10.4. The minimum atomic E-state index is -0.811. The van der Waals surface area contributed by atoms with Crippen LogP contribution in [0.25, 0.3) is 0 Å². The Morgan fingerprint density at radius 3 is 1.86 bits per heavy atom. The number of unbranched alkanes of at least 4 members (excludes halogenated alkanes) is 8. The topological polar surface area (TPSA) is 29.5 Å². The van der Waals surface area contributed by atoms with E-state index in [0.29, 0.717) is 0 Å². The standard InChI is InChI=1S/C11H23O.H2O.V/c1-2-3-4-5-6-7-8-9-10-11-12;;/h2-11H2,1H3;1H2;/q-1;;+2/p-1. The minimum absolute atomic E-state index is 0.756. The van der Waals surface area contributed by atoms with E-state index in [4.69, 9.17) is 7.69 Å². The Kier molecular flexibility index (Phi) is 14.0. The zero-order valence-electron chi connectivity index (χ0n) is 9.37. The summed E-state index contributed by atoms with van der Waals surface area (Å²) >= 11 is -0.811. The van der Waals surface area contributed by atoms with Crippen LogP contribution in [-0.4, -0.2) is 10.6 Å². The van der Waals surface area contributed by atoms with Gasteiger partial charge in [-0.1, -0.05) is 0 Å². The maximum atomic E-state index is 8.46. The average molecular weight is 239 g/mol. The van der Waals surface area contributed by atoms with Gasteiger partial charge in [0.15, 0.2) is 0 Å². The number of hydrogen-bond donors (Lipinski definition) is 1. The summed E-state index contributed by atoms with van der Waals surface area (Å²) in [6.45, 7) is 3.01. The predicted octanol–water partition coefficient (Wildman–Crippen LogP) is 3.44. The van der Waals surface area contributed by atoms with Gasteiger partial charge in [-0.05, 0) is 0 Å². The monoisotopic (exact) mass is 239 g/mol. The van der Waals surface area contributed by atoms with Crippen LogP contribution in [0.3, 0.4) is 0 Å². The molecular formula is C11H24O2V. The zero-order chi connectivity index (χ0) is 10.5. The van der Waals surface area contributed by atoms with E-state index in [0.717, 1.165) is 13.0 Å². The van der Waals surface area contributed by atoms with Gasteiger partial charge in [0.1, 0.15) is 0 Å². The van der Waals surface area contributed by atoms with E-state index in [1.807, 2.05) is 0 Å². The van der Waals surface area contributed by atoms with Gasteiger partial charge in [0.25, 0.3) is 0 Å². The van der Waals surface area contributed by atoms with Gasteiger partial charge < -0.3 is 0 Å². The Labute approximate surface area is 96.2 Å². The Morgan fingerprint density at radius 1 is 0.857 bits per heavy atom. The number of hydrogen-bond acceptors (Lipinski definition) is 2. The molecule has 0 bridgehead atoms. The molecule has 85 valence electrons. The van der Waals surface area contributed by atoms with Crippen LogP contribution < -0.4 is 0 Å². The Morgan fingerprint density at radius 2 is 1.36 bits per heavy atom. The molecule has 0 saturated carbocycles. The summed E-state index contributed by atoms with van der Waals surface area (Å²) in [6, 6.07) is 0. The second-order valence-electron chi connectivity index (χ2n) is 3.74. The van der Waals surface area contributed by atoms with E-state index in [1.54, 1.807) is 0 Å². The molecular weight excluding hydrogens is 215 g/mol. The van der Waals surface area contributed by atoms with Gasteiger partial charge in [-0.25, -0.2) is 0 Å². The van der Waals surface area contributed by atoms with Crippen molar-refractivity contribution in [2.24, 2.45) is 0 Å². The molecule has 0 heterocycles. The van der Waals surface area contributed by atoms with Crippen LogP contribution in [-0.2, 0) is 20.7 Å². The Bertz CT molecular complexity index is 87.3. The van der Waals surface area contributed by atoms with Crippen molar-refractivity contribution in [1.29, 1.82) is 0 Å². The van der Waals surface area contributed by atoms with Crippen LogP contribution in [0.1, 0.15) is 64.7 Å². The van der Waals surface area contributed by atoms with Gasteiger partial charge in [0, 0.05) is 0 Å².